The Balaban J connectivity index is 0.00000264. The van der Waals surface area contributed by atoms with Crippen LogP contribution in [-0.2, 0) is 4.74 Å². The van der Waals surface area contributed by atoms with Crippen LogP contribution >= 0.6 is 12.4 Å². The molecule has 23 heavy (non-hydrogen) atoms. The van der Waals surface area contributed by atoms with Gasteiger partial charge in [0, 0.05) is 39.0 Å². The van der Waals surface area contributed by atoms with Crippen molar-refractivity contribution in [2.45, 2.75) is 12.8 Å². The number of likely N-dealkylation sites (tertiary alicyclic amines) is 1. The van der Waals surface area contributed by atoms with Crippen LogP contribution in [0.15, 0.2) is 18.2 Å². The Kier molecular flexibility index (Phi) is 8.16. The second-order valence-corrected chi connectivity index (χ2v) is 5.78. The lowest BCUT2D eigenvalue weighted by molar-refractivity contribution is 0.0948. The number of benzene rings is 1. The van der Waals surface area contributed by atoms with Crippen molar-refractivity contribution in [2.75, 3.05) is 45.6 Å². The van der Waals surface area contributed by atoms with Crippen LogP contribution in [0.1, 0.15) is 23.2 Å². The van der Waals surface area contributed by atoms with Crippen LogP contribution in [0.3, 0.4) is 0 Å². The van der Waals surface area contributed by atoms with E-state index < -0.39 is 0 Å². The number of phenolic OH excluding ortho intramolecular Hbond substituents is 1. The molecule has 4 N–H and O–H groups in total. The first-order valence-corrected chi connectivity index (χ1v) is 7.68. The van der Waals surface area contributed by atoms with Gasteiger partial charge in [0.05, 0.1) is 5.56 Å². The summed E-state index contributed by atoms with van der Waals surface area (Å²) in [4.78, 5) is 14.5. The quantitative estimate of drug-likeness (QED) is 0.396. The molecule has 1 heterocycles. The lowest BCUT2D eigenvalue weighted by Crippen LogP contribution is -2.31. The minimum atomic E-state index is -0.230. The minimum Gasteiger partial charge on any atom is -0.508 e. The molecule has 1 aliphatic rings. The monoisotopic (exact) mass is 343 g/mol. The van der Waals surface area contributed by atoms with Crippen LogP contribution in [0.5, 0.6) is 5.75 Å². The van der Waals surface area contributed by atoms with Crippen molar-refractivity contribution in [2.24, 2.45) is 5.92 Å². The largest absolute Gasteiger partial charge is 0.508 e. The van der Waals surface area contributed by atoms with E-state index in [0.717, 1.165) is 39.1 Å². The number of rotatable bonds is 7. The molecule has 1 amide bonds. The third kappa shape index (κ3) is 5.89. The van der Waals surface area contributed by atoms with E-state index >= 15 is 0 Å². The Labute approximate surface area is 143 Å². The highest BCUT2D eigenvalue weighted by Crippen LogP contribution is 2.19. The third-order valence-corrected chi connectivity index (χ3v) is 4.03. The Morgan fingerprint density at radius 1 is 1.52 bits per heavy atom. The van der Waals surface area contributed by atoms with Crippen molar-refractivity contribution in [1.82, 2.24) is 10.2 Å². The molecule has 1 saturated heterocycles. The molecule has 0 saturated carbocycles. The van der Waals surface area contributed by atoms with Crippen LogP contribution in [0.25, 0.3) is 0 Å². The van der Waals surface area contributed by atoms with Gasteiger partial charge in [0.2, 0.25) is 0 Å². The van der Waals surface area contributed by atoms with Crippen LogP contribution in [-0.4, -0.2) is 55.8 Å². The summed E-state index contributed by atoms with van der Waals surface area (Å²) in [7, 11) is 1.72. The Hall–Kier alpha value is -1.50. The molecular weight excluding hydrogens is 318 g/mol. The Bertz CT molecular complexity index is 513. The van der Waals surface area contributed by atoms with Crippen molar-refractivity contribution < 1.29 is 14.6 Å². The van der Waals surface area contributed by atoms with Gasteiger partial charge in [-0.15, -0.1) is 12.4 Å². The highest BCUT2D eigenvalue weighted by molar-refractivity contribution is 5.99. The summed E-state index contributed by atoms with van der Waals surface area (Å²) in [6.07, 6.45) is 2.12. The van der Waals surface area contributed by atoms with Crippen molar-refractivity contribution in [3.63, 3.8) is 0 Å². The molecule has 6 nitrogen and oxygen atoms in total. The fourth-order valence-electron chi connectivity index (χ4n) is 2.79. The van der Waals surface area contributed by atoms with E-state index in [1.807, 2.05) is 0 Å². The fraction of sp³-hybridized carbons (Fsp3) is 0.562. The number of carbonyl (C=O) groups excluding carboxylic acids is 1. The Morgan fingerprint density at radius 2 is 2.30 bits per heavy atom. The summed E-state index contributed by atoms with van der Waals surface area (Å²) >= 11 is 0. The number of halogens is 1. The van der Waals surface area contributed by atoms with Gasteiger partial charge < -0.3 is 25.8 Å². The van der Waals surface area contributed by atoms with E-state index in [-0.39, 0.29) is 24.1 Å². The molecule has 0 bridgehead atoms. The van der Waals surface area contributed by atoms with Gasteiger partial charge >= 0.3 is 0 Å². The SMILES string of the molecule is COCCCN1CCC(CNC(=O)c2cc(O)ccc2N)C1.Cl. The Morgan fingerprint density at radius 3 is 3.04 bits per heavy atom. The van der Waals surface area contributed by atoms with Gasteiger partial charge in [-0.25, -0.2) is 0 Å². The number of nitrogen functional groups attached to an aromatic ring is 1. The highest BCUT2D eigenvalue weighted by atomic mass is 35.5. The number of methoxy groups -OCH3 is 1. The summed E-state index contributed by atoms with van der Waals surface area (Å²) < 4.78 is 5.06. The van der Waals surface area contributed by atoms with Gasteiger partial charge in [-0.05, 0) is 43.5 Å². The van der Waals surface area contributed by atoms with Gasteiger partial charge in [-0.2, -0.15) is 0 Å². The summed E-state index contributed by atoms with van der Waals surface area (Å²) in [5, 5.41) is 12.4. The number of nitrogens with zero attached hydrogens (tertiary/aromatic N) is 1. The second-order valence-electron chi connectivity index (χ2n) is 5.78. The van der Waals surface area contributed by atoms with Crippen molar-refractivity contribution in [3.8, 4) is 5.75 Å². The lowest BCUT2D eigenvalue weighted by atomic mass is 10.1. The first-order valence-electron chi connectivity index (χ1n) is 7.68. The molecule has 1 aromatic carbocycles. The number of carbonyl (C=O) groups is 1. The maximum atomic E-state index is 12.1. The zero-order chi connectivity index (χ0) is 15.9. The number of nitrogens with one attached hydrogen (secondary N) is 1. The number of anilines is 1. The average molecular weight is 344 g/mol. The predicted molar refractivity (Wildman–Crippen MR) is 93.1 cm³/mol. The molecule has 1 unspecified atom stereocenters. The zero-order valence-electron chi connectivity index (χ0n) is 13.5. The molecule has 2 rings (SSSR count). The van der Waals surface area contributed by atoms with E-state index in [1.54, 1.807) is 7.11 Å². The number of hydrogen-bond donors (Lipinski definition) is 3. The van der Waals surface area contributed by atoms with E-state index in [4.69, 9.17) is 10.5 Å². The first-order chi connectivity index (χ1) is 10.6. The number of ether oxygens (including phenoxy) is 1. The third-order valence-electron chi connectivity index (χ3n) is 4.03. The number of hydrogen-bond acceptors (Lipinski definition) is 5. The molecule has 1 fully saturated rings. The molecule has 7 heteroatoms. The van der Waals surface area contributed by atoms with Crippen molar-refractivity contribution in [3.05, 3.63) is 23.8 Å². The maximum Gasteiger partial charge on any atom is 0.253 e. The summed E-state index contributed by atoms with van der Waals surface area (Å²) in [5.74, 6) is 0.279. The zero-order valence-corrected chi connectivity index (χ0v) is 14.3. The number of aromatic hydroxyl groups is 1. The van der Waals surface area contributed by atoms with Crippen LogP contribution in [0.4, 0.5) is 5.69 Å². The summed E-state index contributed by atoms with van der Waals surface area (Å²) in [6.45, 7) is 4.53. The molecule has 0 aromatic heterocycles. The molecule has 0 aliphatic carbocycles. The normalized spacial score (nSPS) is 17.7. The predicted octanol–water partition coefficient (Wildman–Crippen LogP) is 1.48. The van der Waals surface area contributed by atoms with Gasteiger partial charge in [0.15, 0.2) is 0 Å². The number of phenols is 1. The molecular formula is C16H26ClN3O3. The van der Waals surface area contributed by atoms with E-state index in [9.17, 15) is 9.90 Å². The standard InChI is InChI=1S/C16H25N3O3.ClH/c1-22-8-2-6-19-7-5-12(11-19)10-18-16(21)14-9-13(20)3-4-15(14)17;/h3-4,9,12,20H,2,5-8,10-11,17H2,1H3,(H,18,21);1H. The van der Waals surface area contributed by atoms with E-state index in [0.29, 0.717) is 23.7 Å². The van der Waals surface area contributed by atoms with Gasteiger partial charge in [-0.3, -0.25) is 4.79 Å². The van der Waals surface area contributed by atoms with E-state index in [1.165, 1.54) is 18.2 Å². The minimum absolute atomic E-state index is 0. The van der Waals surface area contributed by atoms with Crippen LogP contribution in [0.2, 0.25) is 0 Å². The van der Waals surface area contributed by atoms with Crippen molar-refractivity contribution in [1.29, 1.82) is 0 Å². The smallest absolute Gasteiger partial charge is 0.253 e. The second kappa shape index (κ2) is 9.60. The summed E-state index contributed by atoms with van der Waals surface area (Å²) in [6, 6.07) is 4.41. The summed E-state index contributed by atoms with van der Waals surface area (Å²) in [5.41, 5.74) is 6.48. The molecule has 1 aliphatic heterocycles. The van der Waals surface area contributed by atoms with Gasteiger partial charge in [0.1, 0.15) is 5.75 Å². The lowest BCUT2D eigenvalue weighted by Gasteiger charge is -2.16. The number of amides is 1. The maximum absolute atomic E-state index is 12.1. The van der Waals surface area contributed by atoms with Crippen molar-refractivity contribution >= 4 is 24.0 Å². The molecule has 1 aromatic rings. The first kappa shape index (κ1) is 19.5. The van der Waals surface area contributed by atoms with Crippen LogP contribution in [0, 0.1) is 5.92 Å². The van der Waals surface area contributed by atoms with Gasteiger partial charge in [0.25, 0.3) is 5.91 Å². The number of nitrogens with two attached hydrogens (primary N) is 1. The molecule has 0 spiro atoms. The average Bonchev–Trinajstić information content (AvgIpc) is 2.95. The van der Waals surface area contributed by atoms with Crippen LogP contribution < -0.4 is 11.1 Å². The molecule has 1 atom stereocenters. The highest BCUT2D eigenvalue weighted by Gasteiger charge is 2.22. The topological polar surface area (TPSA) is 87.8 Å². The molecule has 130 valence electrons. The van der Waals surface area contributed by atoms with E-state index in [2.05, 4.69) is 10.2 Å². The van der Waals surface area contributed by atoms with Gasteiger partial charge in [-0.1, -0.05) is 0 Å². The fourth-order valence-corrected chi connectivity index (χ4v) is 2.79. The molecule has 0 radical (unpaired) electrons.